The van der Waals surface area contributed by atoms with Crippen molar-refractivity contribution in [2.75, 3.05) is 0 Å². The van der Waals surface area contributed by atoms with E-state index in [4.69, 9.17) is 21.9 Å². The number of furan rings is 1. The molecular formula is C15H12ClFN2O. The van der Waals surface area contributed by atoms with Crippen LogP contribution in [0.3, 0.4) is 0 Å². The lowest BCUT2D eigenvalue weighted by Crippen LogP contribution is -2.28. The van der Waals surface area contributed by atoms with E-state index in [2.05, 4.69) is 5.43 Å². The van der Waals surface area contributed by atoms with Crippen LogP contribution in [0.25, 0.3) is 11.0 Å². The molecule has 20 heavy (non-hydrogen) atoms. The normalized spacial score (nSPS) is 12.8. The lowest BCUT2D eigenvalue weighted by molar-refractivity contribution is 0.477. The minimum absolute atomic E-state index is 0.299. The van der Waals surface area contributed by atoms with Crippen LogP contribution in [0.15, 0.2) is 52.9 Å². The van der Waals surface area contributed by atoms with Crippen LogP contribution in [0.1, 0.15) is 17.4 Å². The van der Waals surface area contributed by atoms with Gasteiger partial charge < -0.3 is 4.42 Å². The molecule has 0 saturated heterocycles. The van der Waals surface area contributed by atoms with Crippen LogP contribution in [0.2, 0.25) is 5.02 Å². The summed E-state index contributed by atoms with van der Waals surface area (Å²) in [5.74, 6) is 5.84. The van der Waals surface area contributed by atoms with Crippen molar-refractivity contribution in [1.82, 2.24) is 5.43 Å². The molecule has 1 aromatic heterocycles. The highest BCUT2D eigenvalue weighted by Crippen LogP contribution is 2.31. The summed E-state index contributed by atoms with van der Waals surface area (Å²) in [5, 5.41) is 1.27. The minimum atomic E-state index is -0.435. The van der Waals surface area contributed by atoms with E-state index in [0.29, 0.717) is 16.3 Å². The first-order chi connectivity index (χ1) is 9.69. The van der Waals surface area contributed by atoms with Gasteiger partial charge in [0.2, 0.25) is 0 Å². The van der Waals surface area contributed by atoms with Gasteiger partial charge in [0.1, 0.15) is 23.2 Å². The lowest BCUT2D eigenvalue weighted by Gasteiger charge is -2.15. The number of rotatable bonds is 3. The lowest BCUT2D eigenvalue weighted by atomic mass is 10.0. The average molecular weight is 291 g/mol. The Kier molecular flexibility index (Phi) is 3.44. The number of nitrogens with two attached hydrogens (primary N) is 1. The molecule has 1 unspecified atom stereocenters. The van der Waals surface area contributed by atoms with Gasteiger partial charge in [0.15, 0.2) is 0 Å². The van der Waals surface area contributed by atoms with E-state index in [0.717, 1.165) is 11.0 Å². The van der Waals surface area contributed by atoms with E-state index in [9.17, 15) is 4.39 Å². The van der Waals surface area contributed by atoms with Gasteiger partial charge in [-0.05, 0) is 29.8 Å². The van der Waals surface area contributed by atoms with E-state index in [1.165, 1.54) is 12.1 Å². The Labute approximate surface area is 120 Å². The monoisotopic (exact) mass is 290 g/mol. The summed E-state index contributed by atoms with van der Waals surface area (Å²) in [6.45, 7) is 0. The van der Waals surface area contributed by atoms with E-state index in [1.54, 1.807) is 6.07 Å². The summed E-state index contributed by atoms with van der Waals surface area (Å²) < 4.78 is 18.9. The molecule has 0 radical (unpaired) electrons. The van der Waals surface area contributed by atoms with Crippen molar-refractivity contribution in [1.29, 1.82) is 0 Å². The third-order valence-electron chi connectivity index (χ3n) is 3.17. The zero-order chi connectivity index (χ0) is 14.1. The first-order valence-electron chi connectivity index (χ1n) is 6.08. The zero-order valence-corrected chi connectivity index (χ0v) is 11.2. The molecule has 1 atom stereocenters. The van der Waals surface area contributed by atoms with Crippen LogP contribution >= 0.6 is 11.6 Å². The fourth-order valence-corrected chi connectivity index (χ4v) is 2.48. The molecule has 0 spiro atoms. The number of para-hydroxylation sites is 1. The standard InChI is InChI=1S/C15H12ClFN2O/c16-12-8-10(17)5-6-11(12)15(19-18)14-7-9-3-1-2-4-13(9)20-14/h1-8,15,19H,18H2. The molecule has 3 rings (SSSR count). The molecular weight excluding hydrogens is 279 g/mol. The van der Waals surface area contributed by atoms with Gasteiger partial charge in [0.25, 0.3) is 0 Å². The summed E-state index contributed by atoms with van der Waals surface area (Å²) in [6, 6.07) is 13.3. The van der Waals surface area contributed by atoms with Crippen molar-refractivity contribution in [3.8, 4) is 0 Å². The van der Waals surface area contributed by atoms with Gasteiger partial charge in [0, 0.05) is 10.4 Å². The maximum Gasteiger partial charge on any atom is 0.134 e. The van der Waals surface area contributed by atoms with Gasteiger partial charge in [-0.1, -0.05) is 35.9 Å². The van der Waals surface area contributed by atoms with Gasteiger partial charge in [-0.25, -0.2) is 9.82 Å². The molecule has 1 heterocycles. The third-order valence-corrected chi connectivity index (χ3v) is 3.50. The highest BCUT2D eigenvalue weighted by molar-refractivity contribution is 6.31. The topological polar surface area (TPSA) is 51.2 Å². The Balaban J connectivity index is 2.08. The zero-order valence-electron chi connectivity index (χ0n) is 10.4. The molecule has 0 aliphatic rings. The van der Waals surface area contributed by atoms with Crippen molar-refractivity contribution in [3.63, 3.8) is 0 Å². The molecule has 3 nitrogen and oxygen atoms in total. The quantitative estimate of drug-likeness (QED) is 0.570. The molecule has 5 heteroatoms. The van der Waals surface area contributed by atoms with E-state index < -0.39 is 6.04 Å². The Morgan fingerprint density at radius 1 is 1.15 bits per heavy atom. The first-order valence-corrected chi connectivity index (χ1v) is 6.46. The number of hydrogen-bond donors (Lipinski definition) is 2. The van der Waals surface area contributed by atoms with E-state index >= 15 is 0 Å². The Hall–Kier alpha value is -1.88. The average Bonchev–Trinajstić information content (AvgIpc) is 2.85. The third kappa shape index (κ3) is 2.29. The summed E-state index contributed by atoms with van der Waals surface area (Å²) in [4.78, 5) is 0. The molecule has 0 aliphatic carbocycles. The van der Waals surface area contributed by atoms with Crippen molar-refractivity contribution in [3.05, 3.63) is 70.7 Å². The SMILES string of the molecule is NNC(c1cc2ccccc2o1)c1ccc(F)cc1Cl. The largest absolute Gasteiger partial charge is 0.459 e. The van der Waals surface area contributed by atoms with E-state index in [1.807, 2.05) is 30.3 Å². The van der Waals surface area contributed by atoms with Gasteiger partial charge in [-0.3, -0.25) is 5.84 Å². The minimum Gasteiger partial charge on any atom is -0.459 e. The summed E-state index contributed by atoms with van der Waals surface area (Å²) in [7, 11) is 0. The van der Waals surface area contributed by atoms with Crippen LogP contribution in [0.4, 0.5) is 4.39 Å². The van der Waals surface area contributed by atoms with Crippen LogP contribution in [-0.4, -0.2) is 0 Å². The molecule has 3 aromatic rings. The van der Waals surface area contributed by atoms with Crippen molar-refractivity contribution < 1.29 is 8.81 Å². The Morgan fingerprint density at radius 2 is 1.95 bits per heavy atom. The summed E-state index contributed by atoms with van der Waals surface area (Å²) in [6.07, 6.45) is 0. The molecule has 102 valence electrons. The molecule has 0 bridgehead atoms. The number of halogens is 2. The number of nitrogens with one attached hydrogen (secondary N) is 1. The molecule has 0 fully saturated rings. The molecule has 0 aliphatic heterocycles. The number of hydrogen-bond acceptors (Lipinski definition) is 3. The molecule has 2 aromatic carbocycles. The van der Waals surface area contributed by atoms with Gasteiger partial charge in [0.05, 0.1) is 0 Å². The first kappa shape index (κ1) is 13.1. The number of hydrazine groups is 1. The van der Waals surface area contributed by atoms with Crippen LogP contribution in [-0.2, 0) is 0 Å². The Morgan fingerprint density at radius 3 is 2.65 bits per heavy atom. The van der Waals surface area contributed by atoms with Crippen molar-refractivity contribution in [2.45, 2.75) is 6.04 Å². The van der Waals surface area contributed by atoms with Crippen LogP contribution < -0.4 is 11.3 Å². The second-order valence-corrected chi connectivity index (χ2v) is 4.86. The second-order valence-electron chi connectivity index (χ2n) is 4.45. The van der Waals surface area contributed by atoms with Crippen molar-refractivity contribution in [2.24, 2.45) is 5.84 Å². The second kappa shape index (κ2) is 5.25. The molecule has 0 saturated carbocycles. The Bertz CT molecular complexity index is 723. The number of benzene rings is 2. The summed E-state index contributed by atoms with van der Waals surface area (Å²) in [5.41, 5.74) is 4.08. The van der Waals surface area contributed by atoms with Gasteiger partial charge in [-0.2, -0.15) is 0 Å². The molecule has 3 N–H and O–H groups in total. The van der Waals surface area contributed by atoms with Crippen LogP contribution in [0.5, 0.6) is 0 Å². The number of fused-ring (bicyclic) bond motifs is 1. The van der Waals surface area contributed by atoms with Gasteiger partial charge >= 0.3 is 0 Å². The highest BCUT2D eigenvalue weighted by Gasteiger charge is 2.20. The smallest absolute Gasteiger partial charge is 0.134 e. The fourth-order valence-electron chi connectivity index (χ4n) is 2.21. The predicted molar refractivity (Wildman–Crippen MR) is 76.8 cm³/mol. The highest BCUT2D eigenvalue weighted by atomic mass is 35.5. The fraction of sp³-hybridized carbons (Fsp3) is 0.0667. The maximum atomic E-state index is 13.1. The van der Waals surface area contributed by atoms with Gasteiger partial charge in [-0.15, -0.1) is 0 Å². The summed E-state index contributed by atoms with van der Waals surface area (Å²) >= 11 is 6.07. The predicted octanol–water partition coefficient (Wildman–Crippen LogP) is 3.78. The maximum absolute atomic E-state index is 13.1. The molecule has 0 amide bonds. The van der Waals surface area contributed by atoms with E-state index in [-0.39, 0.29) is 5.82 Å². The van der Waals surface area contributed by atoms with Crippen molar-refractivity contribution >= 4 is 22.6 Å². The van der Waals surface area contributed by atoms with Crippen LogP contribution in [0, 0.1) is 5.82 Å².